The Bertz CT molecular complexity index is 1260. The molecule has 4 N–H and O–H groups in total. The fraction of sp³-hybridized carbons (Fsp3) is 0. The van der Waals surface area contributed by atoms with Crippen LogP contribution < -0.4 is 21.3 Å². The van der Waals surface area contributed by atoms with E-state index in [1.165, 1.54) is 0 Å². The van der Waals surface area contributed by atoms with Gasteiger partial charge < -0.3 is 21.3 Å². The molecule has 9 nitrogen and oxygen atoms in total. The summed E-state index contributed by atoms with van der Waals surface area (Å²) < 4.78 is 0. The second-order valence-electron chi connectivity index (χ2n) is 7.15. The van der Waals surface area contributed by atoms with Crippen LogP contribution in [0, 0.1) is 0 Å². The predicted octanol–water partition coefficient (Wildman–Crippen LogP) is 5.64. The number of pyridine rings is 5. The van der Waals surface area contributed by atoms with E-state index in [-0.39, 0.29) is 0 Å². The number of nitrogens with zero attached hydrogens (tertiary/aromatic N) is 5. The summed E-state index contributed by atoms with van der Waals surface area (Å²) in [5.74, 6) is 5.42. The van der Waals surface area contributed by atoms with Crippen molar-refractivity contribution in [3.05, 3.63) is 103 Å². The molecule has 0 fully saturated rings. The molecular formula is C25H21N9. The number of hydrogen-bond acceptors (Lipinski definition) is 9. The molecule has 0 unspecified atom stereocenters. The first kappa shape index (κ1) is 20.8. The van der Waals surface area contributed by atoms with Crippen molar-refractivity contribution >= 4 is 46.5 Å². The molecule has 0 aromatic carbocycles. The first-order chi connectivity index (χ1) is 16.8. The molecule has 5 rings (SSSR count). The Labute approximate surface area is 196 Å². The molecule has 0 aliphatic rings. The topological polar surface area (TPSA) is 113 Å². The molecule has 5 heterocycles. The van der Waals surface area contributed by atoms with Gasteiger partial charge in [0.2, 0.25) is 0 Å². The van der Waals surface area contributed by atoms with E-state index in [9.17, 15) is 0 Å². The summed E-state index contributed by atoms with van der Waals surface area (Å²) in [5, 5.41) is 12.8. The largest absolute Gasteiger partial charge is 0.325 e. The average Bonchev–Trinajstić information content (AvgIpc) is 2.86. The summed E-state index contributed by atoms with van der Waals surface area (Å²) in [4.78, 5) is 22.3. The van der Waals surface area contributed by atoms with Gasteiger partial charge in [0.25, 0.3) is 0 Å². The normalized spacial score (nSPS) is 10.4. The number of aromatic nitrogens is 5. The fourth-order valence-electron chi connectivity index (χ4n) is 3.12. The fourth-order valence-corrected chi connectivity index (χ4v) is 3.12. The van der Waals surface area contributed by atoms with E-state index >= 15 is 0 Å². The summed E-state index contributed by atoms with van der Waals surface area (Å²) >= 11 is 0. The van der Waals surface area contributed by atoms with Crippen molar-refractivity contribution in [2.75, 3.05) is 21.3 Å². The van der Waals surface area contributed by atoms with E-state index in [2.05, 4.69) is 46.2 Å². The Morgan fingerprint density at radius 3 is 0.912 bits per heavy atom. The average molecular weight is 448 g/mol. The van der Waals surface area contributed by atoms with Crippen molar-refractivity contribution < 1.29 is 0 Å². The first-order valence-electron chi connectivity index (χ1n) is 10.6. The van der Waals surface area contributed by atoms with Gasteiger partial charge in [-0.3, -0.25) is 0 Å². The summed E-state index contributed by atoms with van der Waals surface area (Å²) in [7, 11) is 0. The second-order valence-corrected chi connectivity index (χ2v) is 7.15. The van der Waals surface area contributed by atoms with Gasteiger partial charge in [0.1, 0.15) is 46.5 Å². The third-order valence-electron chi connectivity index (χ3n) is 4.60. The molecule has 9 heteroatoms. The van der Waals surface area contributed by atoms with E-state index in [0.717, 1.165) is 11.6 Å². The highest BCUT2D eigenvalue weighted by Crippen LogP contribution is 2.21. The summed E-state index contributed by atoms with van der Waals surface area (Å²) in [6, 6.07) is 28.3. The zero-order chi connectivity index (χ0) is 23.0. The van der Waals surface area contributed by atoms with Crippen molar-refractivity contribution in [1.82, 2.24) is 24.9 Å². The lowest BCUT2D eigenvalue weighted by Crippen LogP contribution is -2.02. The minimum absolute atomic E-state index is 0.648. The molecule has 0 saturated heterocycles. The highest BCUT2D eigenvalue weighted by atomic mass is 15.2. The molecule has 0 aliphatic carbocycles. The SMILES string of the molecule is c1ccc(Nc2cccc(Nc3cccc(Nc4cccc(Nc5ccccn5)n4)n3)n2)nc1. The molecule has 34 heavy (non-hydrogen) atoms. The Morgan fingerprint density at radius 1 is 0.324 bits per heavy atom. The number of anilines is 8. The first-order valence-corrected chi connectivity index (χ1v) is 10.6. The van der Waals surface area contributed by atoms with Crippen LogP contribution in [0.2, 0.25) is 0 Å². The quantitative estimate of drug-likeness (QED) is 0.240. The van der Waals surface area contributed by atoms with E-state index in [1.54, 1.807) is 12.4 Å². The Hall–Kier alpha value is -5.05. The molecule has 166 valence electrons. The molecule has 0 saturated carbocycles. The molecule has 0 radical (unpaired) electrons. The van der Waals surface area contributed by atoms with Crippen molar-refractivity contribution in [1.29, 1.82) is 0 Å². The van der Waals surface area contributed by atoms with Gasteiger partial charge in [-0.15, -0.1) is 0 Å². The van der Waals surface area contributed by atoms with Crippen LogP contribution >= 0.6 is 0 Å². The van der Waals surface area contributed by atoms with Crippen LogP contribution in [0.3, 0.4) is 0 Å². The van der Waals surface area contributed by atoms with Gasteiger partial charge in [-0.1, -0.05) is 30.3 Å². The maximum absolute atomic E-state index is 4.62. The van der Waals surface area contributed by atoms with Crippen LogP contribution in [0.15, 0.2) is 103 Å². The molecule has 0 aliphatic heterocycles. The van der Waals surface area contributed by atoms with Crippen LogP contribution in [-0.2, 0) is 0 Å². The van der Waals surface area contributed by atoms with Crippen molar-refractivity contribution in [3.63, 3.8) is 0 Å². The smallest absolute Gasteiger partial charge is 0.133 e. The molecule has 0 spiro atoms. The van der Waals surface area contributed by atoms with Gasteiger partial charge in [-0.05, 0) is 60.7 Å². The van der Waals surface area contributed by atoms with Crippen molar-refractivity contribution in [2.24, 2.45) is 0 Å². The molecule has 0 bridgehead atoms. The lowest BCUT2D eigenvalue weighted by atomic mass is 10.4. The molecule has 5 aromatic rings. The van der Waals surface area contributed by atoms with Gasteiger partial charge in [0, 0.05) is 12.4 Å². The Morgan fingerprint density at radius 2 is 0.618 bits per heavy atom. The van der Waals surface area contributed by atoms with Crippen molar-refractivity contribution in [2.45, 2.75) is 0 Å². The second kappa shape index (κ2) is 10.0. The summed E-state index contributed by atoms with van der Waals surface area (Å²) in [5.41, 5.74) is 0. The highest BCUT2D eigenvalue weighted by molar-refractivity contribution is 5.62. The zero-order valence-electron chi connectivity index (χ0n) is 18.1. The molecular weight excluding hydrogens is 426 g/mol. The van der Waals surface area contributed by atoms with Crippen LogP contribution in [0.1, 0.15) is 0 Å². The van der Waals surface area contributed by atoms with Gasteiger partial charge >= 0.3 is 0 Å². The van der Waals surface area contributed by atoms with Crippen molar-refractivity contribution in [3.8, 4) is 0 Å². The minimum atomic E-state index is 0.648. The van der Waals surface area contributed by atoms with E-state index in [0.29, 0.717) is 34.9 Å². The zero-order valence-corrected chi connectivity index (χ0v) is 18.1. The van der Waals surface area contributed by atoms with Crippen LogP contribution in [-0.4, -0.2) is 24.9 Å². The Balaban J connectivity index is 1.26. The number of nitrogens with one attached hydrogen (secondary N) is 4. The van der Waals surface area contributed by atoms with Crippen LogP contribution in [0.25, 0.3) is 0 Å². The van der Waals surface area contributed by atoms with Crippen LogP contribution in [0.5, 0.6) is 0 Å². The predicted molar refractivity (Wildman–Crippen MR) is 134 cm³/mol. The van der Waals surface area contributed by atoms with E-state index in [1.807, 2.05) is 91.0 Å². The third-order valence-corrected chi connectivity index (χ3v) is 4.60. The highest BCUT2D eigenvalue weighted by Gasteiger charge is 2.04. The summed E-state index contributed by atoms with van der Waals surface area (Å²) in [6.45, 7) is 0. The van der Waals surface area contributed by atoms with Gasteiger partial charge in [0.15, 0.2) is 0 Å². The Kier molecular flexibility index (Phi) is 6.16. The monoisotopic (exact) mass is 447 g/mol. The van der Waals surface area contributed by atoms with Gasteiger partial charge in [0.05, 0.1) is 0 Å². The number of rotatable bonds is 8. The third kappa shape index (κ3) is 5.60. The minimum Gasteiger partial charge on any atom is -0.325 e. The standard InChI is InChI=1S/C25H21N9/c1-3-16-26-18(8-1)28-20-10-5-12-22(30-20)32-24-14-7-15-25(34-24)33-23-13-6-11-21(31-23)29-19-9-2-4-17-27-19/h1-17H,(H4,26,27,28,29,30,31,32,33,34). The van der Waals surface area contributed by atoms with E-state index < -0.39 is 0 Å². The van der Waals surface area contributed by atoms with Gasteiger partial charge in [-0.25, -0.2) is 24.9 Å². The maximum Gasteiger partial charge on any atom is 0.133 e. The molecule has 5 aromatic heterocycles. The maximum atomic E-state index is 4.62. The molecule has 0 amide bonds. The summed E-state index contributed by atoms with van der Waals surface area (Å²) in [6.07, 6.45) is 3.46. The lowest BCUT2D eigenvalue weighted by Gasteiger charge is -2.11. The lowest BCUT2D eigenvalue weighted by molar-refractivity contribution is 1.21. The van der Waals surface area contributed by atoms with Gasteiger partial charge in [-0.2, -0.15) is 0 Å². The number of hydrogen-bond donors (Lipinski definition) is 4. The van der Waals surface area contributed by atoms with E-state index in [4.69, 9.17) is 0 Å². The van der Waals surface area contributed by atoms with Crippen LogP contribution in [0.4, 0.5) is 46.5 Å². The molecule has 0 atom stereocenters.